The van der Waals surface area contributed by atoms with Crippen LogP contribution in [-0.2, 0) is 6.54 Å². The van der Waals surface area contributed by atoms with E-state index in [-0.39, 0.29) is 5.82 Å². The summed E-state index contributed by atoms with van der Waals surface area (Å²) in [5.41, 5.74) is 2.11. The highest BCUT2D eigenvalue weighted by molar-refractivity contribution is 5.85. The van der Waals surface area contributed by atoms with Gasteiger partial charge in [0.25, 0.3) is 0 Å². The smallest absolute Gasteiger partial charge is 0.123 e. The normalized spacial score (nSPS) is 11.2. The van der Waals surface area contributed by atoms with Gasteiger partial charge in [-0.2, -0.15) is 5.10 Å². The van der Waals surface area contributed by atoms with Crippen LogP contribution in [0.25, 0.3) is 10.8 Å². The van der Waals surface area contributed by atoms with Crippen molar-refractivity contribution in [3.05, 3.63) is 83.7 Å². The number of benzene rings is 3. The first-order valence-corrected chi connectivity index (χ1v) is 7.20. The fraction of sp³-hybridized carbons (Fsp3) is 0.105. The third-order valence-electron chi connectivity index (χ3n) is 3.55. The summed E-state index contributed by atoms with van der Waals surface area (Å²) in [6.07, 6.45) is 1.74. The molecule has 0 aliphatic rings. The van der Waals surface area contributed by atoms with Gasteiger partial charge in [0.2, 0.25) is 0 Å². The lowest BCUT2D eigenvalue weighted by Gasteiger charge is -2.14. The summed E-state index contributed by atoms with van der Waals surface area (Å²) in [6.45, 7) is 0.721. The minimum atomic E-state index is -0.235. The van der Waals surface area contributed by atoms with E-state index in [1.807, 2.05) is 24.2 Å². The van der Waals surface area contributed by atoms with Crippen LogP contribution in [0.2, 0.25) is 0 Å². The summed E-state index contributed by atoms with van der Waals surface area (Å²) in [7, 11) is 1.93. The first kappa shape index (κ1) is 14.3. The average Bonchev–Trinajstić information content (AvgIpc) is 2.55. The topological polar surface area (TPSA) is 15.6 Å². The van der Waals surface area contributed by atoms with E-state index in [0.29, 0.717) is 0 Å². The molecule has 0 saturated heterocycles. The first-order chi connectivity index (χ1) is 10.7. The van der Waals surface area contributed by atoms with Crippen molar-refractivity contribution in [1.82, 2.24) is 5.01 Å². The maximum atomic E-state index is 12.9. The molecule has 0 atom stereocenters. The number of hydrazone groups is 1. The molecule has 110 valence electrons. The molecule has 0 spiro atoms. The number of hydrogen-bond acceptors (Lipinski definition) is 2. The molecule has 0 amide bonds. The second-order valence-corrected chi connectivity index (χ2v) is 5.25. The van der Waals surface area contributed by atoms with E-state index in [1.165, 1.54) is 28.5 Å². The van der Waals surface area contributed by atoms with Crippen LogP contribution in [-0.4, -0.2) is 18.3 Å². The van der Waals surface area contributed by atoms with Gasteiger partial charge in [-0.25, -0.2) is 4.39 Å². The molecule has 0 N–H and O–H groups in total. The molecule has 2 nitrogen and oxygen atoms in total. The highest BCUT2D eigenvalue weighted by atomic mass is 19.1. The molecule has 0 saturated carbocycles. The van der Waals surface area contributed by atoms with Gasteiger partial charge in [-0.1, -0.05) is 54.6 Å². The first-order valence-electron chi connectivity index (χ1n) is 7.20. The van der Waals surface area contributed by atoms with Gasteiger partial charge in [0.05, 0.1) is 12.8 Å². The van der Waals surface area contributed by atoms with E-state index < -0.39 is 0 Å². The molecule has 3 aromatic rings. The minimum absolute atomic E-state index is 0.235. The summed E-state index contributed by atoms with van der Waals surface area (Å²) < 4.78 is 12.9. The van der Waals surface area contributed by atoms with Gasteiger partial charge in [0.15, 0.2) is 0 Å². The van der Waals surface area contributed by atoms with Crippen LogP contribution in [0.5, 0.6) is 0 Å². The van der Waals surface area contributed by atoms with Crippen LogP contribution in [0.15, 0.2) is 71.8 Å². The summed E-state index contributed by atoms with van der Waals surface area (Å²) in [5.74, 6) is -0.235. The molecule has 0 unspecified atom stereocenters. The van der Waals surface area contributed by atoms with Crippen molar-refractivity contribution in [1.29, 1.82) is 0 Å². The van der Waals surface area contributed by atoms with Gasteiger partial charge in [0, 0.05) is 7.05 Å². The maximum absolute atomic E-state index is 12.9. The molecular weight excluding hydrogens is 275 g/mol. The zero-order chi connectivity index (χ0) is 15.4. The zero-order valence-corrected chi connectivity index (χ0v) is 12.4. The Bertz CT molecular complexity index is 789. The van der Waals surface area contributed by atoms with Gasteiger partial charge in [0.1, 0.15) is 5.82 Å². The predicted octanol–water partition coefficient (Wildman–Crippen LogP) is 4.44. The van der Waals surface area contributed by atoms with E-state index in [4.69, 9.17) is 0 Å². The number of rotatable bonds is 4. The molecule has 0 bridgehead atoms. The van der Waals surface area contributed by atoms with Gasteiger partial charge in [-0.3, -0.25) is 5.01 Å². The number of halogens is 1. The van der Waals surface area contributed by atoms with Gasteiger partial charge in [-0.05, 0) is 34.0 Å². The van der Waals surface area contributed by atoms with E-state index in [9.17, 15) is 4.39 Å². The third kappa shape index (κ3) is 3.31. The molecule has 3 rings (SSSR count). The van der Waals surface area contributed by atoms with Crippen LogP contribution < -0.4 is 0 Å². The highest BCUT2D eigenvalue weighted by Crippen LogP contribution is 2.19. The highest BCUT2D eigenvalue weighted by Gasteiger charge is 2.02. The number of hydrogen-bond donors (Lipinski definition) is 0. The minimum Gasteiger partial charge on any atom is -0.296 e. The molecule has 0 heterocycles. The molecular formula is C19H17FN2. The Labute approximate surface area is 129 Å². The Kier molecular flexibility index (Phi) is 4.15. The van der Waals surface area contributed by atoms with Crippen LogP contribution in [0, 0.1) is 5.82 Å². The lowest BCUT2D eigenvalue weighted by atomic mass is 10.0. The van der Waals surface area contributed by atoms with E-state index in [0.717, 1.165) is 12.1 Å². The Morgan fingerprint density at radius 1 is 0.955 bits per heavy atom. The molecule has 0 aromatic heterocycles. The fourth-order valence-electron chi connectivity index (χ4n) is 2.43. The van der Waals surface area contributed by atoms with E-state index >= 15 is 0 Å². The largest absolute Gasteiger partial charge is 0.296 e. The van der Waals surface area contributed by atoms with Crippen molar-refractivity contribution in [2.75, 3.05) is 7.05 Å². The summed E-state index contributed by atoms with van der Waals surface area (Å²) >= 11 is 0. The van der Waals surface area contributed by atoms with Gasteiger partial charge in [-0.15, -0.1) is 0 Å². The second-order valence-electron chi connectivity index (χ2n) is 5.25. The lowest BCUT2D eigenvalue weighted by molar-refractivity contribution is 0.350. The Morgan fingerprint density at radius 2 is 1.68 bits per heavy atom. The van der Waals surface area contributed by atoms with Crippen molar-refractivity contribution < 1.29 is 4.39 Å². The van der Waals surface area contributed by atoms with Crippen LogP contribution >= 0.6 is 0 Å². The maximum Gasteiger partial charge on any atom is 0.123 e. The SMILES string of the molecule is CN(Cc1cccc2ccccc12)/N=C\c1ccc(F)cc1. The zero-order valence-electron chi connectivity index (χ0n) is 12.4. The van der Waals surface area contributed by atoms with Gasteiger partial charge >= 0.3 is 0 Å². The Balaban J connectivity index is 1.75. The van der Waals surface area contributed by atoms with Crippen LogP contribution in [0.4, 0.5) is 4.39 Å². The molecule has 22 heavy (non-hydrogen) atoms. The molecule has 0 fully saturated rings. The Hall–Kier alpha value is -2.68. The standard InChI is InChI=1S/C19H17FN2/c1-22(21-13-15-9-11-18(20)12-10-15)14-17-7-4-6-16-5-2-3-8-19(16)17/h2-13H,14H2,1H3/b21-13-. The van der Waals surface area contributed by atoms with Crippen LogP contribution in [0.1, 0.15) is 11.1 Å². The molecule has 0 radical (unpaired) electrons. The number of fused-ring (bicyclic) bond motifs is 1. The summed E-state index contributed by atoms with van der Waals surface area (Å²) in [4.78, 5) is 0. The quantitative estimate of drug-likeness (QED) is 0.512. The average molecular weight is 292 g/mol. The Morgan fingerprint density at radius 3 is 2.50 bits per heavy atom. The van der Waals surface area contributed by atoms with Crippen molar-refractivity contribution in [3.63, 3.8) is 0 Å². The van der Waals surface area contributed by atoms with E-state index in [1.54, 1.807) is 18.3 Å². The monoisotopic (exact) mass is 292 g/mol. The second kappa shape index (κ2) is 6.39. The predicted molar refractivity (Wildman–Crippen MR) is 89.4 cm³/mol. The molecule has 3 aromatic carbocycles. The molecule has 0 aliphatic carbocycles. The molecule has 0 aliphatic heterocycles. The van der Waals surface area contributed by atoms with Crippen molar-refractivity contribution in [2.45, 2.75) is 6.54 Å². The van der Waals surface area contributed by atoms with Crippen molar-refractivity contribution in [3.8, 4) is 0 Å². The summed E-state index contributed by atoms with van der Waals surface area (Å²) in [5, 5.41) is 8.77. The molecule has 3 heteroatoms. The van der Waals surface area contributed by atoms with Crippen LogP contribution in [0.3, 0.4) is 0 Å². The summed E-state index contributed by atoms with van der Waals surface area (Å²) in [6, 6.07) is 20.9. The van der Waals surface area contributed by atoms with Crippen molar-refractivity contribution in [2.24, 2.45) is 5.10 Å². The number of nitrogens with zero attached hydrogens (tertiary/aromatic N) is 2. The van der Waals surface area contributed by atoms with E-state index in [2.05, 4.69) is 35.4 Å². The van der Waals surface area contributed by atoms with Crippen molar-refractivity contribution >= 4 is 17.0 Å². The third-order valence-corrected chi connectivity index (χ3v) is 3.55. The fourth-order valence-corrected chi connectivity index (χ4v) is 2.43. The lowest BCUT2D eigenvalue weighted by Crippen LogP contribution is -2.11. The van der Waals surface area contributed by atoms with Gasteiger partial charge < -0.3 is 0 Å².